The normalized spacial score (nSPS) is 27.3. The quantitative estimate of drug-likeness (QED) is 0.389. The van der Waals surface area contributed by atoms with Crippen molar-refractivity contribution in [3.05, 3.63) is 35.4 Å². The maximum absolute atomic E-state index is 8.87. The number of aryl methyl sites for hydroxylation is 1. The third kappa shape index (κ3) is 3.21. The minimum atomic E-state index is 0.211. The highest BCUT2D eigenvalue weighted by atomic mass is 16.4. The lowest BCUT2D eigenvalue weighted by Crippen LogP contribution is -2.43. The largest absolute Gasteiger partial charge is 0.409 e. The maximum Gasteiger partial charge on any atom is 0.143 e. The number of piperidine rings is 1. The Hall–Kier alpha value is -1.55. The summed E-state index contributed by atoms with van der Waals surface area (Å²) in [6.07, 6.45) is 5.96. The van der Waals surface area contributed by atoms with Gasteiger partial charge in [0.05, 0.1) is 0 Å². The maximum atomic E-state index is 8.87. The zero-order valence-electron chi connectivity index (χ0n) is 12.5. The first-order chi connectivity index (χ1) is 10.3. The van der Waals surface area contributed by atoms with Crippen molar-refractivity contribution < 1.29 is 5.21 Å². The Morgan fingerprint density at radius 3 is 3.00 bits per heavy atom. The van der Waals surface area contributed by atoms with Gasteiger partial charge in [-0.25, -0.2) is 0 Å². The monoisotopic (exact) mass is 287 g/mol. The molecule has 4 nitrogen and oxygen atoms in total. The molecular weight excluding hydrogens is 262 g/mol. The van der Waals surface area contributed by atoms with Crippen LogP contribution in [-0.2, 0) is 6.42 Å². The van der Waals surface area contributed by atoms with Gasteiger partial charge in [0.1, 0.15) is 5.84 Å². The van der Waals surface area contributed by atoms with Crippen LogP contribution in [0.2, 0.25) is 0 Å². The number of likely N-dealkylation sites (tertiary alicyclic amines) is 1. The van der Waals surface area contributed by atoms with Gasteiger partial charge in [0.25, 0.3) is 0 Å². The number of rotatable bonds is 3. The molecule has 0 saturated carbocycles. The molecule has 3 N–H and O–H groups in total. The first-order valence-corrected chi connectivity index (χ1v) is 8.05. The van der Waals surface area contributed by atoms with Crippen molar-refractivity contribution in [2.45, 2.75) is 38.0 Å². The van der Waals surface area contributed by atoms with Gasteiger partial charge in [0.2, 0.25) is 0 Å². The highest BCUT2D eigenvalue weighted by Crippen LogP contribution is 2.33. The van der Waals surface area contributed by atoms with Crippen LogP contribution in [0.15, 0.2) is 29.4 Å². The molecule has 0 spiro atoms. The molecule has 21 heavy (non-hydrogen) atoms. The van der Waals surface area contributed by atoms with Gasteiger partial charge in [-0.05, 0) is 55.7 Å². The third-order valence-electron chi connectivity index (χ3n) is 5.01. The summed E-state index contributed by atoms with van der Waals surface area (Å²) in [5, 5.41) is 12.1. The molecule has 1 aromatic rings. The molecule has 1 heterocycles. The van der Waals surface area contributed by atoms with E-state index in [-0.39, 0.29) is 5.92 Å². The summed E-state index contributed by atoms with van der Waals surface area (Å²) < 4.78 is 0. The Labute approximate surface area is 126 Å². The second-order valence-electron chi connectivity index (χ2n) is 6.41. The van der Waals surface area contributed by atoms with E-state index in [4.69, 9.17) is 10.9 Å². The zero-order chi connectivity index (χ0) is 14.7. The first-order valence-electron chi connectivity index (χ1n) is 8.05. The molecule has 1 saturated heterocycles. The molecule has 2 aliphatic rings. The number of nitrogens with zero attached hydrogens (tertiary/aromatic N) is 2. The fourth-order valence-corrected chi connectivity index (χ4v) is 3.90. The van der Waals surface area contributed by atoms with Gasteiger partial charge >= 0.3 is 0 Å². The van der Waals surface area contributed by atoms with E-state index < -0.39 is 0 Å². The third-order valence-corrected chi connectivity index (χ3v) is 5.01. The molecule has 2 unspecified atom stereocenters. The van der Waals surface area contributed by atoms with Gasteiger partial charge in [-0.3, -0.25) is 0 Å². The molecule has 1 aliphatic heterocycles. The van der Waals surface area contributed by atoms with Crippen molar-refractivity contribution in [1.82, 2.24) is 4.90 Å². The lowest BCUT2D eigenvalue weighted by atomic mass is 9.82. The van der Waals surface area contributed by atoms with Crippen LogP contribution in [-0.4, -0.2) is 35.6 Å². The van der Waals surface area contributed by atoms with Gasteiger partial charge in [-0.15, -0.1) is 0 Å². The second kappa shape index (κ2) is 6.48. The van der Waals surface area contributed by atoms with E-state index in [0.29, 0.717) is 11.8 Å². The molecule has 114 valence electrons. The fourth-order valence-electron chi connectivity index (χ4n) is 3.90. The van der Waals surface area contributed by atoms with E-state index in [1.54, 1.807) is 0 Å². The number of benzene rings is 1. The number of fused-ring (bicyclic) bond motifs is 1. The summed E-state index contributed by atoms with van der Waals surface area (Å²) in [5.41, 5.74) is 8.86. The summed E-state index contributed by atoms with van der Waals surface area (Å²) in [5.74, 6) is 1.24. The van der Waals surface area contributed by atoms with Gasteiger partial charge < -0.3 is 15.8 Å². The zero-order valence-corrected chi connectivity index (χ0v) is 12.5. The van der Waals surface area contributed by atoms with Crippen molar-refractivity contribution in [2.24, 2.45) is 16.8 Å². The predicted octanol–water partition coefficient (Wildman–Crippen LogP) is 2.56. The van der Waals surface area contributed by atoms with Crippen molar-refractivity contribution in [3.63, 3.8) is 0 Å². The Morgan fingerprint density at radius 1 is 1.29 bits per heavy atom. The summed E-state index contributed by atoms with van der Waals surface area (Å²) in [7, 11) is 0. The smallest absolute Gasteiger partial charge is 0.143 e. The average Bonchev–Trinajstić information content (AvgIpc) is 2.55. The highest BCUT2D eigenvalue weighted by molar-refractivity contribution is 5.82. The SMILES string of the molecule is NC(=NO)C1CCCN(CC2CCCc3ccccc32)C1. The van der Waals surface area contributed by atoms with Crippen LogP contribution in [0, 0.1) is 5.92 Å². The van der Waals surface area contributed by atoms with Crippen molar-refractivity contribution in [3.8, 4) is 0 Å². The topological polar surface area (TPSA) is 61.9 Å². The minimum absolute atomic E-state index is 0.211. The molecule has 0 aromatic heterocycles. The number of oxime groups is 1. The lowest BCUT2D eigenvalue weighted by Gasteiger charge is -2.36. The Morgan fingerprint density at radius 2 is 2.14 bits per heavy atom. The highest BCUT2D eigenvalue weighted by Gasteiger charge is 2.27. The standard InChI is InChI=1S/C17H25N3O/c18-17(19-21)15-8-4-10-20(12-15)11-14-7-3-6-13-5-1-2-9-16(13)14/h1-2,5,9,14-15,21H,3-4,6-8,10-12H2,(H2,18,19). The second-order valence-corrected chi connectivity index (χ2v) is 6.41. The van der Waals surface area contributed by atoms with Gasteiger partial charge in [-0.2, -0.15) is 0 Å². The van der Waals surface area contributed by atoms with Crippen LogP contribution in [0.25, 0.3) is 0 Å². The Kier molecular flexibility index (Phi) is 4.44. The molecule has 3 rings (SSSR count). The van der Waals surface area contributed by atoms with Crippen LogP contribution >= 0.6 is 0 Å². The summed E-state index contributed by atoms with van der Waals surface area (Å²) >= 11 is 0. The number of hydrogen-bond donors (Lipinski definition) is 2. The van der Waals surface area contributed by atoms with Crippen LogP contribution in [0.5, 0.6) is 0 Å². The average molecular weight is 287 g/mol. The fraction of sp³-hybridized carbons (Fsp3) is 0.588. The summed E-state index contributed by atoms with van der Waals surface area (Å²) in [6.45, 7) is 3.16. The lowest BCUT2D eigenvalue weighted by molar-refractivity contribution is 0.185. The minimum Gasteiger partial charge on any atom is -0.409 e. The van der Waals surface area contributed by atoms with Crippen molar-refractivity contribution in [2.75, 3.05) is 19.6 Å². The number of nitrogens with two attached hydrogens (primary N) is 1. The predicted molar refractivity (Wildman–Crippen MR) is 84.7 cm³/mol. The molecule has 1 aromatic carbocycles. The van der Waals surface area contributed by atoms with Gasteiger partial charge in [0.15, 0.2) is 0 Å². The molecule has 0 radical (unpaired) electrons. The van der Waals surface area contributed by atoms with E-state index in [2.05, 4.69) is 34.3 Å². The Balaban J connectivity index is 1.67. The number of amidine groups is 1. The van der Waals surface area contributed by atoms with Gasteiger partial charge in [0, 0.05) is 19.0 Å². The molecule has 4 heteroatoms. The van der Waals surface area contributed by atoms with Crippen molar-refractivity contribution in [1.29, 1.82) is 0 Å². The summed E-state index contributed by atoms with van der Waals surface area (Å²) in [4.78, 5) is 2.50. The first kappa shape index (κ1) is 14.4. The van der Waals surface area contributed by atoms with E-state index in [0.717, 1.165) is 32.5 Å². The number of hydrogen-bond acceptors (Lipinski definition) is 3. The van der Waals surface area contributed by atoms with Crippen molar-refractivity contribution >= 4 is 5.84 Å². The Bertz CT molecular complexity index is 515. The van der Waals surface area contributed by atoms with Crippen LogP contribution in [0.3, 0.4) is 0 Å². The molecule has 1 aliphatic carbocycles. The molecular formula is C17H25N3O. The molecule has 2 atom stereocenters. The van der Waals surface area contributed by atoms with E-state index in [1.807, 2.05) is 0 Å². The van der Waals surface area contributed by atoms with E-state index in [1.165, 1.54) is 30.4 Å². The van der Waals surface area contributed by atoms with Crippen LogP contribution in [0.4, 0.5) is 0 Å². The summed E-state index contributed by atoms with van der Waals surface area (Å²) in [6, 6.07) is 8.88. The van der Waals surface area contributed by atoms with Crippen LogP contribution < -0.4 is 5.73 Å². The van der Waals surface area contributed by atoms with Gasteiger partial charge in [-0.1, -0.05) is 29.4 Å². The van der Waals surface area contributed by atoms with E-state index >= 15 is 0 Å². The van der Waals surface area contributed by atoms with Crippen LogP contribution in [0.1, 0.15) is 42.7 Å². The molecule has 0 amide bonds. The molecule has 1 fully saturated rings. The van der Waals surface area contributed by atoms with E-state index in [9.17, 15) is 0 Å². The molecule has 0 bridgehead atoms.